The van der Waals surface area contributed by atoms with Crippen molar-refractivity contribution in [2.75, 3.05) is 6.61 Å². The van der Waals surface area contributed by atoms with Crippen LogP contribution in [-0.4, -0.2) is 46.9 Å². The first kappa shape index (κ1) is 58.8. The first-order chi connectivity index (χ1) is 30.5. The van der Waals surface area contributed by atoms with Gasteiger partial charge in [-0.05, 0) is 83.5 Å². The fourth-order valence-electron chi connectivity index (χ4n) is 7.14. The van der Waals surface area contributed by atoms with Crippen molar-refractivity contribution >= 4 is 11.9 Å². The predicted molar refractivity (Wildman–Crippen MR) is 268 cm³/mol. The normalized spacial score (nSPS) is 14.1. The number of esters is 1. The molecule has 0 aliphatic heterocycles. The minimum Gasteiger partial charge on any atom is -0.462 e. The van der Waals surface area contributed by atoms with Crippen LogP contribution in [0.5, 0.6) is 0 Å². The maximum absolute atomic E-state index is 13.2. The summed E-state index contributed by atoms with van der Waals surface area (Å²) in [4.78, 5) is 26.1. The monoisotopic (exact) mass is 862 g/mol. The van der Waals surface area contributed by atoms with E-state index in [-0.39, 0.29) is 24.9 Å². The molecule has 0 aromatic carbocycles. The van der Waals surface area contributed by atoms with E-state index in [1.165, 1.54) is 89.9 Å². The lowest BCUT2D eigenvalue weighted by Crippen LogP contribution is -2.46. The lowest BCUT2D eigenvalue weighted by molar-refractivity contribution is -0.151. The molecule has 6 heteroatoms. The highest BCUT2D eigenvalue weighted by Crippen LogP contribution is 2.17. The highest BCUT2D eigenvalue weighted by molar-refractivity contribution is 5.77. The Morgan fingerprint density at radius 3 is 1.50 bits per heavy atom. The van der Waals surface area contributed by atoms with E-state index in [1.54, 1.807) is 0 Å². The molecule has 0 fully saturated rings. The molecule has 354 valence electrons. The van der Waals surface area contributed by atoms with Crippen molar-refractivity contribution in [1.82, 2.24) is 5.32 Å². The Kier molecular flexibility index (Phi) is 46.3. The number of aliphatic hydroxyl groups is 2. The van der Waals surface area contributed by atoms with Crippen LogP contribution in [0.2, 0.25) is 0 Å². The number of aliphatic hydroxyl groups excluding tert-OH is 2. The van der Waals surface area contributed by atoms with Gasteiger partial charge in [-0.2, -0.15) is 0 Å². The second kappa shape index (κ2) is 48.8. The number of allylic oxidation sites excluding steroid dienone is 16. The lowest BCUT2D eigenvalue weighted by Gasteiger charge is -2.24. The van der Waals surface area contributed by atoms with Crippen molar-refractivity contribution in [2.24, 2.45) is 0 Å². The van der Waals surface area contributed by atoms with E-state index in [0.29, 0.717) is 25.7 Å². The molecule has 3 N–H and O–H groups in total. The summed E-state index contributed by atoms with van der Waals surface area (Å²) in [5.74, 6) is -0.588. The van der Waals surface area contributed by atoms with Crippen LogP contribution in [0.1, 0.15) is 220 Å². The molecule has 0 bridgehead atoms. The van der Waals surface area contributed by atoms with E-state index in [2.05, 4.69) is 92.9 Å². The van der Waals surface area contributed by atoms with Crippen molar-refractivity contribution in [3.05, 3.63) is 97.2 Å². The number of ether oxygens (including phenoxy) is 1. The summed E-state index contributed by atoms with van der Waals surface area (Å²) in [5.41, 5.74) is 0. The average molecular weight is 862 g/mol. The van der Waals surface area contributed by atoms with Crippen LogP contribution in [0, 0.1) is 0 Å². The van der Waals surface area contributed by atoms with Gasteiger partial charge in [0.2, 0.25) is 5.91 Å². The van der Waals surface area contributed by atoms with Crippen LogP contribution in [0.4, 0.5) is 0 Å². The molecule has 6 nitrogen and oxygen atoms in total. The van der Waals surface area contributed by atoms with Gasteiger partial charge in [-0.1, -0.05) is 221 Å². The van der Waals surface area contributed by atoms with Crippen LogP contribution < -0.4 is 5.32 Å². The molecule has 62 heavy (non-hydrogen) atoms. The van der Waals surface area contributed by atoms with Crippen molar-refractivity contribution in [1.29, 1.82) is 0 Å². The van der Waals surface area contributed by atoms with E-state index in [4.69, 9.17) is 4.74 Å². The fourth-order valence-corrected chi connectivity index (χ4v) is 7.14. The predicted octanol–water partition coefficient (Wildman–Crippen LogP) is 15.3. The zero-order valence-corrected chi connectivity index (χ0v) is 40.2. The van der Waals surface area contributed by atoms with Crippen LogP contribution >= 0.6 is 0 Å². The van der Waals surface area contributed by atoms with E-state index < -0.39 is 18.2 Å². The number of unbranched alkanes of at least 4 members (excludes halogenated alkanes) is 19. The Labute approximate surface area is 382 Å². The van der Waals surface area contributed by atoms with Gasteiger partial charge in [-0.15, -0.1) is 0 Å². The van der Waals surface area contributed by atoms with Crippen molar-refractivity contribution in [2.45, 2.75) is 238 Å². The third-order valence-corrected chi connectivity index (χ3v) is 11.0. The SMILES string of the molecule is CC/C=C/C=C/C=C/C=C\CCCCCC(CC(=O)NC(CO)C(O)CCCCCCCCCCCCCCC)OC(=O)CCC/C=C\C/C=C\C/C=C\C/C=C\CCCCC. The van der Waals surface area contributed by atoms with Gasteiger partial charge in [0.25, 0.3) is 0 Å². The molecule has 3 atom stereocenters. The number of hydrogen-bond donors (Lipinski definition) is 3. The second-order valence-corrected chi connectivity index (χ2v) is 16.9. The molecular weight excluding hydrogens is 767 g/mol. The molecule has 0 rings (SSSR count). The Bertz CT molecular complexity index is 1240. The number of rotatable bonds is 44. The Hall–Kier alpha value is -3.22. The fraction of sp³-hybridized carbons (Fsp3) is 0.679. The van der Waals surface area contributed by atoms with E-state index in [9.17, 15) is 19.8 Å². The summed E-state index contributed by atoms with van der Waals surface area (Å²) in [6.45, 7) is 6.28. The Morgan fingerprint density at radius 1 is 0.500 bits per heavy atom. The molecule has 0 aromatic rings. The van der Waals surface area contributed by atoms with Gasteiger partial charge in [-0.25, -0.2) is 0 Å². The summed E-state index contributed by atoms with van der Waals surface area (Å²) >= 11 is 0. The van der Waals surface area contributed by atoms with Gasteiger partial charge < -0.3 is 20.3 Å². The van der Waals surface area contributed by atoms with Crippen LogP contribution in [0.15, 0.2) is 97.2 Å². The number of carbonyl (C=O) groups is 2. The standard InChI is InChI=1S/C56H95NO5/c1-4-7-10-13-16-19-22-25-26-27-28-31-34-37-40-43-46-49-56(61)62-52(47-44-41-38-35-32-29-23-20-17-14-11-8-5-2)50-55(60)57-53(51-58)54(59)48-45-42-39-36-33-30-24-21-18-15-12-9-6-3/h8,11,14,16-17,19-20,23,25-26,28-29,31-32,37,40,52-54,58-59H,4-7,9-10,12-13,15,18,21-22,24,27,30,33-36,38-39,41-51H2,1-3H3,(H,57,60)/b11-8+,17-14+,19-16-,23-20+,26-25-,31-28-,32-29-,40-37-. The van der Waals surface area contributed by atoms with Gasteiger partial charge in [-0.3, -0.25) is 9.59 Å². The average Bonchev–Trinajstić information content (AvgIpc) is 3.26. The summed E-state index contributed by atoms with van der Waals surface area (Å²) in [5, 5.41) is 23.7. The smallest absolute Gasteiger partial charge is 0.306 e. The molecule has 3 unspecified atom stereocenters. The number of hydrogen-bond acceptors (Lipinski definition) is 5. The highest BCUT2D eigenvalue weighted by atomic mass is 16.5. The lowest BCUT2D eigenvalue weighted by atomic mass is 10.0. The minimum atomic E-state index is -0.813. The summed E-state index contributed by atoms with van der Waals surface area (Å²) in [7, 11) is 0. The van der Waals surface area contributed by atoms with Gasteiger partial charge >= 0.3 is 5.97 Å². The molecule has 0 spiro atoms. The summed E-state index contributed by atoms with van der Waals surface area (Å²) in [6.07, 6.45) is 64.7. The number of nitrogens with one attached hydrogen (secondary N) is 1. The molecular formula is C56H95NO5. The first-order valence-electron chi connectivity index (χ1n) is 25.5. The van der Waals surface area contributed by atoms with Gasteiger partial charge in [0, 0.05) is 6.42 Å². The largest absolute Gasteiger partial charge is 0.462 e. The zero-order chi connectivity index (χ0) is 45.2. The third kappa shape index (κ3) is 43.4. The Balaban J connectivity index is 4.74. The Morgan fingerprint density at radius 2 is 0.935 bits per heavy atom. The van der Waals surface area contributed by atoms with Gasteiger partial charge in [0.05, 0.1) is 25.2 Å². The molecule has 0 aliphatic carbocycles. The molecule has 1 amide bonds. The molecule has 0 saturated heterocycles. The number of amides is 1. The van der Waals surface area contributed by atoms with Crippen molar-refractivity contribution < 1.29 is 24.5 Å². The highest BCUT2D eigenvalue weighted by Gasteiger charge is 2.24. The van der Waals surface area contributed by atoms with E-state index in [0.717, 1.165) is 77.0 Å². The zero-order valence-electron chi connectivity index (χ0n) is 40.2. The van der Waals surface area contributed by atoms with Gasteiger partial charge in [0.1, 0.15) is 6.10 Å². The molecule has 0 aromatic heterocycles. The summed E-state index contributed by atoms with van der Waals surface area (Å²) in [6, 6.07) is -0.731. The van der Waals surface area contributed by atoms with E-state index >= 15 is 0 Å². The maximum Gasteiger partial charge on any atom is 0.306 e. The van der Waals surface area contributed by atoms with Crippen LogP contribution in [-0.2, 0) is 14.3 Å². The number of carbonyl (C=O) groups excluding carboxylic acids is 2. The minimum absolute atomic E-state index is 0.0243. The van der Waals surface area contributed by atoms with Crippen LogP contribution in [0.3, 0.4) is 0 Å². The van der Waals surface area contributed by atoms with Crippen molar-refractivity contribution in [3.63, 3.8) is 0 Å². The molecule has 0 aliphatic rings. The molecule has 0 heterocycles. The second-order valence-electron chi connectivity index (χ2n) is 16.9. The molecule has 0 radical (unpaired) electrons. The summed E-state index contributed by atoms with van der Waals surface area (Å²) < 4.78 is 5.88. The van der Waals surface area contributed by atoms with Gasteiger partial charge in [0.15, 0.2) is 0 Å². The van der Waals surface area contributed by atoms with E-state index in [1.807, 2.05) is 30.4 Å². The quantitative estimate of drug-likeness (QED) is 0.0245. The van der Waals surface area contributed by atoms with Crippen LogP contribution in [0.25, 0.3) is 0 Å². The third-order valence-electron chi connectivity index (χ3n) is 11.0. The maximum atomic E-state index is 13.2. The van der Waals surface area contributed by atoms with Crippen molar-refractivity contribution in [3.8, 4) is 0 Å². The molecule has 0 saturated carbocycles. The topological polar surface area (TPSA) is 95.9 Å². The first-order valence-corrected chi connectivity index (χ1v) is 25.5.